The first-order chi connectivity index (χ1) is 64.3. The second-order valence-corrected chi connectivity index (χ2v) is 30.2. The Balaban J connectivity index is -0.0000000917. The summed E-state index contributed by atoms with van der Waals surface area (Å²) in [5.74, 6) is -10.7. The molecule has 0 saturated carbocycles. The monoisotopic (exact) mass is 2040 g/mol. The third-order valence-corrected chi connectivity index (χ3v) is 12.4. The van der Waals surface area contributed by atoms with Gasteiger partial charge < -0.3 is 223 Å². The van der Waals surface area contributed by atoms with Crippen LogP contribution >= 0.6 is 0 Å². The maximum absolute atomic E-state index is 10.6. The van der Waals surface area contributed by atoms with Crippen LogP contribution in [0.2, 0.25) is 0 Å². The number of rotatable bonds is 33. The minimum atomic E-state index is -1.18. The smallest absolute Gasteiger partial charge is 0.323 e. The molecule has 0 amide bonds. The normalized spacial score (nSPS) is 13.0. The molecule has 828 valence electrons. The van der Waals surface area contributed by atoms with E-state index < -0.39 is 163 Å². The fourth-order valence-corrected chi connectivity index (χ4v) is 5.26. The van der Waals surface area contributed by atoms with Gasteiger partial charge in [-0.05, 0) is 196 Å². The van der Waals surface area contributed by atoms with Gasteiger partial charge in [0.15, 0.2) is 0 Å². The molecular weight excluding hydrogens is 1870 g/mol. The van der Waals surface area contributed by atoms with Crippen LogP contribution in [0, 0.1) is 0 Å². The average Bonchev–Trinajstić information content (AvgIpc) is 1.80. The molecule has 140 heavy (non-hydrogen) atoms. The van der Waals surface area contributed by atoms with Crippen LogP contribution in [0.5, 0.6) is 0 Å². The second kappa shape index (κ2) is 112. The third-order valence-electron chi connectivity index (χ3n) is 12.4. The molecule has 5 rings (SSSR count). The van der Waals surface area contributed by atoms with Gasteiger partial charge in [-0.3, -0.25) is 52.7 Å². The van der Waals surface area contributed by atoms with Crippen LogP contribution in [-0.2, 0) is 84.8 Å². The van der Waals surface area contributed by atoms with Crippen LogP contribution < -0.4 is 61.0 Å². The Morgan fingerprint density at radius 3 is 0.407 bits per heavy atom. The van der Waals surface area contributed by atoms with Gasteiger partial charge in [-0.25, -0.2) is 24.9 Å². The van der Waals surface area contributed by atoms with Crippen LogP contribution in [0.4, 0.5) is 0 Å². The zero-order chi connectivity index (χ0) is 114. The molecule has 5 aromatic heterocycles. The van der Waals surface area contributed by atoms with Gasteiger partial charge in [0, 0.05) is 91.6 Å². The van der Waals surface area contributed by atoms with Crippen LogP contribution in [0.3, 0.4) is 0 Å². The highest BCUT2D eigenvalue weighted by molar-refractivity contribution is 5.77. The van der Waals surface area contributed by atoms with E-state index in [1.54, 1.807) is 66.2 Å². The molecule has 5 aromatic rings. The van der Waals surface area contributed by atoms with E-state index in [0.717, 1.165) is 28.5 Å². The predicted molar refractivity (Wildman–Crippen MR) is 524 cm³/mol. The zero-order valence-corrected chi connectivity index (χ0v) is 86.1. The van der Waals surface area contributed by atoms with Gasteiger partial charge in [0.25, 0.3) is 0 Å². The second-order valence-electron chi connectivity index (χ2n) is 30.2. The molecule has 0 aliphatic rings. The number of nitrogens with zero attached hydrogens (tertiary/aromatic N) is 10. The van der Waals surface area contributed by atoms with E-state index in [0.29, 0.717) is 32.1 Å². The highest BCUT2D eigenvalue weighted by Gasteiger charge is 2.22. The largest absolute Gasteiger partial charge is 0.480 e. The Morgan fingerprint density at radius 2 is 0.371 bits per heavy atom. The van der Waals surface area contributed by atoms with E-state index in [1.165, 1.54) is 87.0 Å². The molecule has 16 atom stereocenters. The molecule has 0 bridgehead atoms. The van der Waals surface area contributed by atoms with Crippen LogP contribution in [0.15, 0.2) is 62.6 Å². The number of hydrogen-bond donors (Lipinski definition) is 38. The van der Waals surface area contributed by atoms with Gasteiger partial charge in [0.2, 0.25) is 0 Å². The zero-order valence-electron chi connectivity index (χ0n) is 86.1. The SMILES string of the molecule is CC(O)CO.CC(O)CO.CN(C)C.CN(C)C.CN(C)C.CN(C)C.CN(C)C.CN[C@@H](Cc1cnc[nH]1)C(=O)O.CN[C@@H](Cc1cnc[nH]1)C(=O)O.CN[C@@H](Cc1cnc[nH]1)C(=O)O.CN[C@@H](Cc1cnc[nH]1)C(=O)O.CN[C@@H](Cc1cnc[nH]1)C(=O)O.C[C@@H](O)[C@H](N)C(=O)O.C[C@@H](O)[C@H](N)C(=O)O.C[C@@H](O)[C@H](N)C(=O)O.C[C@H](N)C(=O)O.C[C@H](N)C(=O)O.C[C@H](N)C(=O)O.OCCO.OCCO. The minimum Gasteiger partial charge on any atom is -0.480 e. The van der Waals surface area contributed by atoms with E-state index in [-0.39, 0.29) is 39.6 Å². The third kappa shape index (κ3) is 150. The lowest BCUT2D eigenvalue weighted by atomic mass is 10.2. The Morgan fingerprint density at radius 1 is 0.264 bits per heavy atom. The molecule has 0 saturated heterocycles. The number of aliphatic carboxylic acids is 11. The highest BCUT2D eigenvalue weighted by Crippen LogP contribution is 2.02. The van der Waals surface area contributed by atoms with E-state index in [4.69, 9.17) is 147 Å². The molecule has 0 spiro atoms. The predicted octanol–water partition coefficient (Wildman–Crippen LogP) is -9.73. The maximum atomic E-state index is 10.6. The molecular formula is C81H176N26O33. The van der Waals surface area contributed by atoms with Gasteiger partial charge in [-0.15, -0.1) is 0 Å². The lowest BCUT2D eigenvalue weighted by molar-refractivity contribution is -0.141. The lowest BCUT2D eigenvalue weighted by Gasteiger charge is -2.08. The number of carboxylic acid groups (broad SMARTS) is 11. The number of imidazole rings is 5. The summed E-state index contributed by atoms with van der Waals surface area (Å²) in [5, 5.41) is 193. The molecule has 0 fully saturated rings. The number of aromatic nitrogens is 10. The number of aliphatic hydroxyl groups excluding tert-OH is 11. The molecule has 0 radical (unpaired) electrons. The van der Waals surface area contributed by atoms with Gasteiger partial charge in [-0.1, -0.05) is 0 Å². The van der Waals surface area contributed by atoms with Crippen molar-refractivity contribution in [2.45, 2.75) is 184 Å². The summed E-state index contributed by atoms with van der Waals surface area (Å²) in [4.78, 5) is 154. The van der Waals surface area contributed by atoms with Crippen molar-refractivity contribution >= 4 is 65.7 Å². The molecule has 59 heteroatoms. The van der Waals surface area contributed by atoms with E-state index in [2.05, 4.69) is 76.4 Å². The van der Waals surface area contributed by atoms with Crippen molar-refractivity contribution in [1.82, 2.24) is 101 Å². The summed E-state index contributed by atoms with van der Waals surface area (Å²) in [6.07, 6.45) is 13.8. The number of likely N-dealkylation sites (N-methyl/N-ethyl adjacent to an activating group) is 5. The Labute approximate surface area is 819 Å². The van der Waals surface area contributed by atoms with E-state index in [1.807, 2.05) is 130 Å². The van der Waals surface area contributed by atoms with Crippen LogP contribution in [-0.4, -0.2) is 530 Å². The van der Waals surface area contributed by atoms with Crippen molar-refractivity contribution < 1.29 is 165 Å². The molecule has 0 aliphatic carbocycles. The first kappa shape index (κ1) is 163. The van der Waals surface area contributed by atoms with Crippen LogP contribution in [0.25, 0.3) is 0 Å². The summed E-state index contributed by atoms with van der Waals surface area (Å²) in [6, 6.07) is -8.42. The number of carbonyl (C=O) groups is 11. The Hall–Kier alpha value is -10.9. The Bertz CT molecular complexity index is 3050. The topological polar surface area (TPSA) is 1010 Å². The minimum absolute atomic E-state index is 0.125. The Kier molecular flexibility index (Phi) is 130. The van der Waals surface area contributed by atoms with Crippen molar-refractivity contribution in [3.05, 3.63) is 91.1 Å². The molecule has 0 aliphatic heterocycles. The van der Waals surface area contributed by atoms with Crippen molar-refractivity contribution in [2.75, 3.05) is 181 Å². The summed E-state index contributed by atoms with van der Waals surface area (Å²) < 4.78 is 0. The summed E-state index contributed by atoms with van der Waals surface area (Å²) in [7, 11) is 38.1. The fraction of sp³-hybridized carbons (Fsp3) is 0.679. The van der Waals surface area contributed by atoms with Crippen LogP contribution in [0.1, 0.15) is 83.9 Å². The number of aliphatic hydroxyl groups is 11. The van der Waals surface area contributed by atoms with Gasteiger partial charge in [0.05, 0.1) is 102 Å². The molecule has 2 unspecified atom stereocenters. The first-order valence-electron chi connectivity index (χ1n) is 41.7. The van der Waals surface area contributed by atoms with Crippen molar-refractivity contribution in [2.24, 2.45) is 34.4 Å². The number of aromatic amines is 5. The molecule has 59 nitrogen and oxygen atoms in total. The molecule has 44 N–H and O–H groups in total. The fourth-order valence-electron chi connectivity index (χ4n) is 5.26. The summed E-state index contributed by atoms with van der Waals surface area (Å²) in [6.45, 7) is 10.5. The summed E-state index contributed by atoms with van der Waals surface area (Å²) in [5.41, 5.74) is 33.3. The van der Waals surface area contributed by atoms with Crippen molar-refractivity contribution in [3.63, 3.8) is 0 Å². The molecule has 0 aromatic carbocycles. The standard InChI is InChI=1S/5C7H11N3O2.3C4H9NO3.3C3H7NO2.5C3H9N.2C3H8O2.2C2H6O2/c5*1-8-6(7(11)12)2-5-3-9-4-10-5;3*1-2(6)3(5)4(7)8;3*1-2(4)3(5)6;5*1-4(2)3;2*1-3(5)2-4;2*3-1-2-4/h5*3-4,6,8H,2H2,1H3,(H,9,10)(H,11,12);3*2-3,6H,5H2,1H3,(H,7,8);3*2H,4H2,1H3,(H,5,6);5*1-3H3;2*3-5H,2H2,1H3;2*3-4H,1-2H2/t5*6-;3*2-,3+;3*2-;;;;;;;;;/m00000111000........./s1. The van der Waals surface area contributed by atoms with Crippen molar-refractivity contribution in [1.29, 1.82) is 0 Å². The number of nitrogens with one attached hydrogen (secondary N) is 10. The maximum Gasteiger partial charge on any atom is 0.323 e. The number of H-pyrrole nitrogens is 5. The number of nitrogens with two attached hydrogens (primary N) is 6. The van der Waals surface area contributed by atoms with Gasteiger partial charge >= 0.3 is 65.7 Å². The van der Waals surface area contributed by atoms with Gasteiger partial charge in [0.1, 0.15) is 66.5 Å². The first-order valence-corrected chi connectivity index (χ1v) is 41.7. The summed E-state index contributed by atoms with van der Waals surface area (Å²) >= 11 is 0. The average molecular weight is 2040 g/mol. The number of hydrogen-bond acceptors (Lipinski definition) is 43. The highest BCUT2D eigenvalue weighted by atomic mass is 16.4. The quantitative estimate of drug-likeness (QED) is 0.0185. The van der Waals surface area contributed by atoms with E-state index in [9.17, 15) is 52.7 Å². The number of carboxylic acids is 11. The van der Waals surface area contributed by atoms with Gasteiger partial charge in [-0.2, -0.15) is 0 Å². The van der Waals surface area contributed by atoms with E-state index >= 15 is 0 Å². The molecule has 5 heterocycles. The lowest BCUT2D eigenvalue weighted by Crippen LogP contribution is -2.39. The van der Waals surface area contributed by atoms with Crippen molar-refractivity contribution in [3.8, 4) is 0 Å².